The third-order valence-corrected chi connectivity index (χ3v) is 4.93. The van der Waals surface area contributed by atoms with E-state index in [-0.39, 0.29) is 34.5 Å². The van der Waals surface area contributed by atoms with Crippen LogP contribution >= 0.6 is 0 Å². The molecule has 1 saturated heterocycles. The fraction of sp³-hybridized carbons (Fsp3) is 0.273. The normalized spacial score (nSPS) is 18.6. The fourth-order valence-electron chi connectivity index (χ4n) is 3.33. The monoisotopic (exact) mass is 400 g/mol. The van der Waals surface area contributed by atoms with Crippen LogP contribution in [0.2, 0.25) is 0 Å². The molecule has 2 unspecified atom stereocenters. The van der Waals surface area contributed by atoms with Gasteiger partial charge < -0.3 is 33.9 Å². The maximum absolute atomic E-state index is 10.2. The minimum atomic E-state index is -0.526. The number of ether oxygens (including phenoxy) is 5. The van der Waals surface area contributed by atoms with E-state index in [1.807, 2.05) is 0 Å². The van der Waals surface area contributed by atoms with E-state index in [0.717, 1.165) is 0 Å². The van der Waals surface area contributed by atoms with Crippen LogP contribution in [0.3, 0.4) is 0 Å². The standard InChI is InChI=1S/C22H24O7/c1-11-12(2)22(14-9-17(27-5)20(24)18(10-14)28-6)29-21(11)13-7-15(25-3)19(23)16(8-13)26-4/h7-10,21-24H,1-2H2,3-6H3. The zero-order valence-corrected chi connectivity index (χ0v) is 16.8. The first kappa shape index (κ1) is 20.4. The Morgan fingerprint density at radius 2 is 0.931 bits per heavy atom. The minimum absolute atomic E-state index is 0.0919. The Morgan fingerprint density at radius 1 is 0.655 bits per heavy atom. The molecule has 29 heavy (non-hydrogen) atoms. The maximum atomic E-state index is 10.2. The molecule has 1 aliphatic rings. The first-order valence-corrected chi connectivity index (χ1v) is 8.79. The summed E-state index contributed by atoms with van der Waals surface area (Å²) in [6.07, 6.45) is -1.05. The molecule has 0 radical (unpaired) electrons. The molecule has 1 fully saturated rings. The van der Waals surface area contributed by atoms with E-state index in [4.69, 9.17) is 23.7 Å². The van der Waals surface area contributed by atoms with Gasteiger partial charge in [-0.05, 0) is 46.5 Å². The van der Waals surface area contributed by atoms with Crippen LogP contribution in [0.15, 0.2) is 48.6 Å². The molecule has 2 aromatic rings. The average Bonchev–Trinajstić information content (AvgIpc) is 3.03. The Morgan fingerprint density at radius 3 is 1.17 bits per heavy atom. The second-order valence-corrected chi connectivity index (χ2v) is 6.49. The van der Waals surface area contributed by atoms with Crippen LogP contribution in [-0.2, 0) is 4.74 Å². The minimum Gasteiger partial charge on any atom is -0.502 e. The molecule has 7 heteroatoms. The molecular formula is C22H24O7. The third-order valence-electron chi connectivity index (χ3n) is 4.93. The highest BCUT2D eigenvalue weighted by Crippen LogP contribution is 2.51. The van der Waals surface area contributed by atoms with Crippen molar-refractivity contribution in [2.45, 2.75) is 12.2 Å². The van der Waals surface area contributed by atoms with Gasteiger partial charge in [0.1, 0.15) is 12.2 Å². The summed E-state index contributed by atoms with van der Waals surface area (Å²) >= 11 is 0. The topological polar surface area (TPSA) is 86.6 Å². The van der Waals surface area contributed by atoms with E-state index >= 15 is 0 Å². The second kappa shape index (κ2) is 7.97. The van der Waals surface area contributed by atoms with E-state index < -0.39 is 12.2 Å². The number of rotatable bonds is 6. The Labute approximate surface area is 169 Å². The van der Waals surface area contributed by atoms with E-state index in [1.54, 1.807) is 24.3 Å². The largest absolute Gasteiger partial charge is 0.502 e. The van der Waals surface area contributed by atoms with Gasteiger partial charge in [-0.1, -0.05) is 13.2 Å². The number of hydrogen-bond donors (Lipinski definition) is 2. The van der Waals surface area contributed by atoms with Crippen molar-refractivity contribution in [3.8, 4) is 34.5 Å². The quantitative estimate of drug-likeness (QED) is 0.756. The maximum Gasteiger partial charge on any atom is 0.200 e. The van der Waals surface area contributed by atoms with Crippen LogP contribution in [0, 0.1) is 0 Å². The highest BCUT2D eigenvalue weighted by atomic mass is 16.5. The average molecular weight is 400 g/mol. The van der Waals surface area contributed by atoms with Crippen molar-refractivity contribution in [2.75, 3.05) is 28.4 Å². The SMILES string of the molecule is C=C1C(=C)C(c2cc(OC)c(O)c(OC)c2)OC1c1cc(OC)c(O)c(OC)c1. The Hall–Kier alpha value is -3.32. The van der Waals surface area contributed by atoms with E-state index in [2.05, 4.69) is 13.2 Å². The van der Waals surface area contributed by atoms with Crippen molar-refractivity contribution in [2.24, 2.45) is 0 Å². The Bertz CT molecular complexity index is 836. The van der Waals surface area contributed by atoms with Gasteiger partial charge in [0, 0.05) is 0 Å². The Kier molecular flexibility index (Phi) is 5.61. The van der Waals surface area contributed by atoms with Gasteiger partial charge in [-0.25, -0.2) is 0 Å². The van der Waals surface area contributed by atoms with Crippen molar-refractivity contribution in [3.63, 3.8) is 0 Å². The van der Waals surface area contributed by atoms with E-state index in [1.165, 1.54) is 28.4 Å². The van der Waals surface area contributed by atoms with E-state index in [9.17, 15) is 10.2 Å². The van der Waals surface area contributed by atoms with Crippen molar-refractivity contribution in [1.82, 2.24) is 0 Å². The van der Waals surface area contributed by atoms with Crippen LogP contribution in [0.5, 0.6) is 34.5 Å². The molecule has 0 aromatic heterocycles. The highest BCUT2D eigenvalue weighted by Gasteiger charge is 2.36. The first-order valence-electron chi connectivity index (χ1n) is 8.79. The molecule has 0 spiro atoms. The fourth-order valence-corrected chi connectivity index (χ4v) is 3.33. The summed E-state index contributed by atoms with van der Waals surface area (Å²) in [7, 11) is 5.83. The van der Waals surface area contributed by atoms with Gasteiger partial charge in [-0.15, -0.1) is 0 Å². The lowest BCUT2D eigenvalue weighted by Gasteiger charge is -2.18. The summed E-state index contributed by atoms with van der Waals surface area (Å²) in [5.41, 5.74) is 2.75. The number of phenolic OH excluding ortho intramolecular Hbond substituents is 2. The number of hydrogen-bond acceptors (Lipinski definition) is 7. The van der Waals surface area contributed by atoms with Gasteiger partial charge in [0.05, 0.1) is 28.4 Å². The van der Waals surface area contributed by atoms with Crippen LogP contribution in [-0.4, -0.2) is 38.7 Å². The smallest absolute Gasteiger partial charge is 0.200 e. The van der Waals surface area contributed by atoms with Gasteiger partial charge in [0.15, 0.2) is 23.0 Å². The number of methoxy groups -OCH3 is 4. The van der Waals surface area contributed by atoms with Gasteiger partial charge >= 0.3 is 0 Å². The molecule has 3 rings (SSSR count). The summed E-state index contributed by atoms with van der Waals surface area (Å²) in [4.78, 5) is 0. The molecule has 1 aliphatic heterocycles. The number of phenols is 2. The van der Waals surface area contributed by atoms with Crippen LogP contribution < -0.4 is 18.9 Å². The molecule has 2 atom stereocenters. The lowest BCUT2D eigenvalue weighted by molar-refractivity contribution is 0.0623. The second-order valence-electron chi connectivity index (χ2n) is 6.49. The van der Waals surface area contributed by atoms with Crippen LogP contribution in [0.4, 0.5) is 0 Å². The van der Waals surface area contributed by atoms with Crippen LogP contribution in [0.1, 0.15) is 23.3 Å². The summed E-state index contributed by atoms with van der Waals surface area (Å²) in [5.74, 6) is 0.864. The molecule has 0 saturated carbocycles. The lowest BCUT2D eigenvalue weighted by atomic mass is 9.95. The van der Waals surface area contributed by atoms with Crippen molar-refractivity contribution in [3.05, 3.63) is 59.7 Å². The van der Waals surface area contributed by atoms with Gasteiger partial charge in [-0.2, -0.15) is 0 Å². The van der Waals surface area contributed by atoms with Crippen molar-refractivity contribution in [1.29, 1.82) is 0 Å². The number of benzene rings is 2. The molecule has 7 nitrogen and oxygen atoms in total. The van der Waals surface area contributed by atoms with Gasteiger partial charge in [0.2, 0.25) is 11.5 Å². The van der Waals surface area contributed by atoms with Crippen LogP contribution in [0.25, 0.3) is 0 Å². The van der Waals surface area contributed by atoms with Crippen molar-refractivity contribution < 1.29 is 33.9 Å². The lowest BCUT2D eigenvalue weighted by Crippen LogP contribution is -2.03. The zero-order valence-electron chi connectivity index (χ0n) is 16.8. The first-order chi connectivity index (χ1) is 13.9. The predicted octanol–water partition coefficient (Wildman–Crippen LogP) is 4.06. The highest BCUT2D eigenvalue weighted by molar-refractivity contribution is 5.58. The summed E-state index contributed by atoms with van der Waals surface area (Å²) in [6, 6.07) is 6.67. The zero-order chi connectivity index (χ0) is 21.3. The summed E-state index contributed by atoms with van der Waals surface area (Å²) in [5, 5.41) is 20.3. The summed E-state index contributed by atoms with van der Waals surface area (Å²) < 4.78 is 27.2. The molecule has 1 heterocycles. The summed E-state index contributed by atoms with van der Waals surface area (Å²) in [6.45, 7) is 8.25. The molecular weight excluding hydrogens is 376 g/mol. The predicted molar refractivity (Wildman–Crippen MR) is 107 cm³/mol. The van der Waals surface area contributed by atoms with Crippen molar-refractivity contribution >= 4 is 0 Å². The van der Waals surface area contributed by atoms with Gasteiger partial charge in [-0.3, -0.25) is 0 Å². The third kappa shape index (κ3) is 3.45. The number of aromatic hydroxyl groups is 2. The molecule has 0 aliphatic carbocycles. The molecule has 0 amide bonds. The molecule has 0 bridgehead atoms. The molecule has 154 valence electrons. The Balaban J connectivity index is 2.02. The van der Waals surface area contributed by atoms with Gasteiger partial charge in [0.25, 0.3) is 0 Å². The molecule has 2 N–H and O–H groups in total. The van der Waals surface area contributed by atoms with E-state index in [0.29, 0.717) is 22.3 Å². The molecule has 2 aromatic carbocycles.